The van der Waals surface area contributed by atoms with Crippen LogP contribution in [0.4, 0.5) is 0 Å². The lowest BCUT2D eigenvalue weighted by Gasteiger charge is -2.19. The molecule has 1 fully saturated rings. The smallest absolute Gasteiger partial charge is 0.268 e. The van der Waals surface area contributed by atoms with Gasteiger partial charge in [0, 0.05) is 36.3 Å². The summed E-state index contributed by atoms with van der Waals surface area (Å²) < 4.78 is 2.69. The number of halogens is 1. The maximum Gasteiger partial charge on any atom is 0.268 e. The van der Waals surface area contributed by atoms with Crippen molar-refractivity contribution in [3.05, 3.63) is 22.4 Å². The number of rotatable bonds is 3. The lowest BCUT2D eigenvalue weighted by Crippen LogP contribution is -2.39. The number of hydrogen-bond acceptors (Lipinski definition) is 2. The molecule has 2 atom stereocenters. The highest BCUT2D eigenvalue weighted by Gasteiger charge is 2.28. The number of aliphatic hydroxyl groups excluding tert-OH is 1. The monoisotopic (exact) mass is 300 g/mol. The lowest BCUT2D eigenvalue weighted by molar-refractivity contribution is 0.0908. The fourth-order valence-electron chi connectivity index (χ4n) is 2.44. The van der Waals surface area contributed by atoms with E-state index in [1.165, 1.54) is 0 Å². The first-order valence-electron chi connectivity index (χ1n) is 5.85. The molecule has 0 aliphatic heterocycles. The molecule has 2 N–H and O–H groups in total. The van der Waals surface area contributed by atoms with Crippen LogP contribution < -0.4 is 5.32 Å². The Balaban J connectivity index is 2.04. The van der Waals surface area contributed by atoms with E-state index in [2.05, 4.69) is 21.2 Å². The van der Waals surface area contributed by atoms with Crippen molar-refractivity contribution in [2.45, 2.75) is 25.3 Å². The molecule has 2 unspecified atom stereocenters. The quantitative estimate of drug-likeness (QED) is 0.892. The standard InChI is InChI=1S/C12H17BrN2O2/c1-15-6-9(13)5-11(15)12(17)14-10-4-2-3-8(10)7-16/h5-6,8,10,16H,2-4,7H2,1H3,(H,14,17). The second-order valence-electron chi connectivity index (χ2n) is 4.61. The molecule has 0 aromatic carbocycles. The van der Waals surface area contributed by atoms with Gasteiger partial charge in [-0.05, 0) is 34.8 Å². The highest BCUT2D eigenvalue weighted by Crippen LogP contribution is 2.25. The minimum absolute atomic E-state index is 0.0662. The minimum Gasteiger partial charge on any atom is -0.396 e. The van der Waals surface area contributed by atoms with Crippen LogP contribution in [0.15, 0.2) is 16.7 Å². The number of carbonyl (C=O) groups excluding carboxylic acids is 1. The molecule has 17 heavy (non-hydrogen) atoms. The first-order valence-corrected chi connectivity index (χ1v) is 6.64. The second-order valence-corrected chi connectivity index (χ2v) is 5.52. The highest BCUT2D eigenvalue weighted by molar-refractivity contribution is 9.10. The summed E-state index contributed by atoms with van der Waals surface area (Å²) in [6.07, 6.45) is 4.89. The van der Waals surface area contributed by atoms with E-state index in [4.69, 9.17) is 0 Å². The number of nitrogens with zero attached hydrogens (tertiary/aromatic N) is 1. The molecule has 0 bridgehead atoms. The molecular weight excluding hydrogens is 284 g/mol. The summed E-state index contributed by atoms with van der Waals surface area (Å²) in [7, 11) is 1.85. The number of carbonyl (C=O) groups is 1. The van der Waals surface area contributed by atoms with E-state index in [0.29, 0.717) is 5.69 Å². The number of amides is 1. The van der Waals surface area contributed by atoms with Crippen molar-refractivity contribution in [1.82, 2.24) is 9.88 Å². The molecule has 1 saturated carbocycles. The largest absolute Gasteiger partial charge is 0.396 e. The van der Waals surface area contributed by atoms with E-state index in [1.807, 2.05) is 13.2 Å². The summed E-state index contributed by atoms with van der Waals surface area (Å²) in [6.45, 7) is 0.155. The van der Waals surface area contributed by atoms with Gasteiger partial charge in [-0.1, -0.05) is 6.42 Å². The first kappa shape index (κ1) is 12.6. The molecule has 1 heterocycles. The molecule has 0 spiro atoms. The second kappa shape index (κ2) is 5.23. The van der Waals surface area contributed by atoms with Crippen molar-refractivity contribution in [3.63, 3.8) is 0 Å². The number of nitrogens with one attached hydrogen (secondary N) is 1. The van der Waals surface area contributed by atoms with Crippen LogP contribution in [0.5, 0.6) is 0 Å². The summed E-state index contributed by atoms with van der Waals surface area (Å²) in [5.41, 5.74) is 0.639. The highest BCUT2D eigenvalue weighted by atomic mass is 79.9. The van der Waals surface area contributed by atoms with Gasteiger partial charge in [-0.2, -0.15) is 0 Å². The van der Waals surface area contributed by atoms with Crippen LogP contribution in [0, 0.1) is 5.92 Å². The third-order valence-corrected chi connectivity index (χ3v) is 3.85. The van der Waals surface area contributed by atoms with Gasteiger partial charge in [0.1, 0.15) is 5.69 Å². The Morgan fingerprint density at radius 1 is 1.65 bits per heavy atom. The summed E-state index contributed by atoms with van der Waals surface area (Å²) in [6, 6.07) is 1.92. The van der Waals surface area contributed by atoms with E-state index >= 15 is 0 Å². The van der Waals surface area contributed by atoms with Crippen LogP contribution in [-0.4, -0.2) is 28.2 Å². The van der Waals surface area contributed by atoms with Gasteiger partial charge in [-0.3, -0.25) is 4.79 Å². The van der Waals surface area contributed by atoms with Crippen LogP contribution in [-0.2, 0) is 7.05 Å². The molecule has 0 radical (unpaired) electrons. The number of aryl methyl sites for hydroxylation is 1. The third kappa shape index (κ3) is 2.72. The average molecular weight is 301 g/mol. The first-order chi connectivity index (χ1) is 8.11. The van der Waals surface area contributed by atoms with Crippen LogP contribution in [0.2, 0.25) is 0 Å². The van der Waals surface area contributed by atoms with Gasteiger partial charge in [0.25, 0.3) is 5.91 Å². The summed E-state index contributed by atoms with van der Waals surface area (Å²) >= 11 is 3.35. The van der Waals surface area contributed by atoms with E-state index in [1.54, 1.807) is 10.6 Å². The zero-order chi connectivity index (χ0) is 12.4. The van der Waals surface area contributed by atoms with Gasteiger partial charge in [0.05, 0.1) is 0 Å². The normalized spacial score (nSPS) is 23.9. The Morgan fingerprint density at radius 3 is 3.00 bits per heavy atom. The van der Waals surface area contributed by atoms with Gasteiger partial charge in [-0.15, -0.1) is 0 Å². The van der Waals surface area contributed by atoms with Gasteiger partial charge in [0.2, 0.25) is 0 Å². The van der Waals surface area contributed by atoms with Crippen LogP contribution in [0.3, 0.4) is 0 Å². The molecule has 5 heteroatoms. The number of aliphatic hydroxyl groups is 1. The van der Waals surface area contributed by atoms with Gasteiger partial charge < -0.3 is 15.0 Å². The number of aromatic nitrogens is 1. The van der Waals surface area contributed by atoms with Crippen LogP contribution in [0.1, 0.15) is 29.8 Å². The SMILES string of the molecule is Cn1cc(Br)cc1C(=O)NC1CCCC1CO. The van der Waals surface area contributed by atoms with E-state index in [-0.39, 0.29) is 24.5 Å². The van der Waals surface area contributed by atoms with Gasteiger partial charge in [-0.25, -0.2) is 0 Å². The van der Waals surface area contributed by atoms with E-state index in [0.717, 1.165) is 23.7 Å². The summed E-state index contributed by atoms with van der Waals surface area (Å²) in [5.74, 6) is 0.145. The van der Waals surface area contributed by atoms with Crippen molar-refractivity contribution in [2.75, 3.05) is 6.61 Å². The Bertz CT molecular complexity index is 417. The average Bonchev–Trinajstić information content (AvgIpc) is 2.84. The lowest BCUT2D eigenvalue weighted by atomic mass is 10.1. The molecule has 0 saturated heterocycles. The van der Waals surface area contributed by atoms with Crippen LogP contribution in [0.25, 0.3) is 0 Å². The molecule has 1 aliphatic carbocycles. The van der Waals surface area contributed by atoms with Crippen molar-refractivity contribution < 1.29 is 9.90 Å². The Kier molecular flexibility index (Phi) is 3.89. The van der Waals surface area contributed by atoms with Crippen molar-refractivity contribution in [1.29, 1.82) is 0 Å². The Hall–Kier alpha value is -0.810. The Morgan fingerprint density at radius 2 is 2.41 bits per heavy atom. The zero-order valence-corrected chi connectivity index (χ0v) is 11.4. The topological polar surface area (TPSA) is 54.3 Å². The molecular formula is C12H17BrN2O2. The fraction of sp³-hybridized carbons (Fsp3) is 0.583. The maximum atomic E-state index is 12.1. The van der Waals surface area contributed by atoms with E-state index < -0.39 is 0 Å². The summed E-state index contributed by atoms with van der Waals surface area (Å²) in [4.78, 5) is 12.1. The predicted octanol–water partition coefficient (Wildman–Crippen LogP) is 1.68. The zero-order valence-electron chi connectivity index (χ0n) is 9.82. The Labute approximate surface area is 109 Å². The molecule has 1 aromatic heterocycles. The fourth-order valence-corrected chi connectivity index (χ4v) is 2.96. The summed E-state index contributed by atoms with van der Waals surface area (Å²) in [5, 5.41) is 12.2. The molecule has 1 amide bonds. The molecule has 2 rings (SSSR count). The van der Waals surface area contributed by atoms with Crippen molar-refractivity contribution in [3.8, 4) is 0 Å². The number of hydrogen-bond donors (Lipinski definition) is 2. The van der Waals surface area contributed by atoms with Gasteiger partial charge in [0.15, 0.2) is 0 Å². The minimum atomic E-state index is -0.0662. The van der Waals surface area contributed by atoms with Crippen LogP contribution >= 0.6 is 15.9 Å². The third-order valence-electron chi connectivity index (χ3n) is 3.41. The molecule has 94 valence electrons. The molecule has 4 nitrogen and oxygen atoms in total. The maximum absolute atomic E-state index is 12.1. The van der Waals surface area contributed by atoms with Crippen molar-refractivity contribution in [2.24, 2.45) is 13.0 Å². The molecule has 1 aliphatic rings. The molecule has 1 aromatic rings. The van der Waals surface area contributed by atoms with E-state index in [9.17, 15) is 9.90 Å². The van der Waals surface area contributed by atoms with Gasteiger partial charge >= 0.3 is 0 Å². The van der Waals surface area contributed by atoms with Crippen molar-refractivity contribution >= 4 is 21.8 Å². The predicted molar refractivity (Wildman–Crippen MR) is 68.8 cm³/mol.